The summed E-state index contributed by atoms with van der Waals surface area (Å²) in [6.07, 6.45) is -4.72. The van der Waals surface area contributed by atoms with Crippen molar-refractivity contribution in [1.82, 2.24) is 5.43 Å². The number of nitrogens with one attached hydrogen (secondary N) is 2. The van der Waals surface area contributed by atoms with E-state index in [9.17, 15) is 32.5 Å². The van der Waals surface area contributed by atoms with E-state index in [1.54, 1.807) is 0 Å². The highest BCUT2D eigenvalue weighted by molar-refractivity contribution is 8.00. The summed E-state index contributed by atoms with van der Waals surface area (Å²) in [5, 5.41) is 10.9. The molecule has 1 amide bonds. The first-order valence-corrected chi connectivity index (χ1v) is 7.94. The number of nitrogens with zero attached hydrogens (tertiary/aromatic N) is 1. The summed E-state index contributed by atoms with van der Waals surface area (Å²) >= 11 is 1.09. The fourth-order valence-corrected chi connectivity index (χ4v) is 2.52. The van der Waals surface area contributed by atoms with Crippen LogP contribution in [0, 0.1) is 15.9 Å². The number of hydrogen-bond donors (Lipinski definition) is 2. The van der Waals surface area contributed by atoms with Gasteiger partial charge >= 0.3 is 6.18 Å². The molecule has 6 nitrogen and oxygen atoms in total. The Kier molecular flexibility index (Phi) is 6.03. The molecule has 2 N–H and O–H groups in total. The quantitative estimate of drug-likeness (QED) is 0.338. The number of rotatable bonds is 6. The van der Waals surface area contributed by atoms with E-state index in [4.69, 9.17) is 0 Å². The summed E-state index contributed by atoms with van der Waals surface area (Å²) < 4.78 is 50.6. The molecule has 0 fully saturated rings. The Bertz CT molecular complexity index is 813. The van der Waals surface area contributed by atoms with E-state index in [-0.39, 0.29) is 11.4 Å². The molecule has 0 unspecified atom stereocenters. The number of amides is 1. The molecule has 11 heteroatoms. The highest BCUT2D eigenvalue weighted by atomic mass is 32.2. The van der Waals surface area contributed by atoms with Crippen LogP contribution in [0.1, 0.15) is 5.56 Å². The molecule has 0 saturated heterocycles. The SMILES string of the molecule is O=C(CSc1ccc(F)cc1)NNc1ccc(C(F)(F)F)cc1[N+](=O)[O-]. The second-order valence-electron chi connectivity index (χ2n) is 4.90. The molecule has 138 valence electrons. The molecule has 2 aromatic carbocycles. The summed E-state index contributed by atoms with van der Waals surface area (Å²) in [7, 11) is 0. The van der Waals surface area contributed by atoms with Crippen LogP contribution in [0.5, 0.6) is 0 Å². The van der Waals surface area contributed by atoms with Gasteiger partial charge in [-0.3, -0.25) is 25.8 Å². The van der Waals surface area contributed by atoms with E-state index in [0.29, 0.717) is 17.0 Å². The fourth-order valence-electron chi connectivity index (χ4n) is 1.82. The van der Waals surface area contributed by atoms with Crippen molar-refractivity contribution in [1.29, 1.82) is 0 Å². The van der Waals surface area contributed by atoms with Gasteiger partial charge in [0.1, 0.15) is 11.5 Å². The van der Waals surface area contributed by atoms with Crippen molar-refractivity contribution in [3.8, 4) is 0 Å². The lowest BCUT2D eigenvalue weighted by Gasteiger charge is -2.11. The predicted molar refractivity (Wildman–Crippen MR) is 87.0 cm³/mol. The number of nitro benzene ring substituents is 1. The molecular weight excluding hydrogens is 378 g/mol. The Morgan fingerprint density at radius 3 is 2.38 bits per heavy atom. The Morgan fingerprint density at radius 2 is 1.81 bits per heavy atom. The van der Waals surface area contributed by atoms with Crippen molar-refractivity contribution in [2.75, 3.05) is 11.2 Å². The number of alkyl halides is 3. The molecule has 0 spiro atoms. The van der Waals surface area contributed by atoms with Gasteiger partial charge in [0.25, 0.3) is 5.69 Å². The molecule has 26 heavy (non-hydrogen) atoms. The van der Waals surface area contributed by atoms with Gasteiger partial charge in [-0.05, 0) is 36.4 Å². The maximum Gasteiger partial charge on any atom is 0.416 e. The number of anilines is 1. The lowest BCUT2D eigenvalue weighted by atomic mass is 10.1. The molecule has 0 aliphatic heterocycles. The van der Waals surface area contributed by atoms with E-state index >= 15 is 0 Å². The van der Waals surface area contributed by atoms with Gasteiger partial charge in [0.05, 0.1) is 16.2 Å². The zero-order chi connectivity index (χ0) is 19.3. The highest BCUT2D eigenvalue weighted by Gasteiger charge is 2.33. The molecule has 0 saturated carbocycles. The molecule has 0 bridgehead atoms. The van der Waals surface area contributed by atoms with Crippen LogP contribution < -0.4 is 10.9 Å². The molecule has 0 heterocycles. The first kappa shape index (κ1) is 19.5. The molecule has 0 atom stereocenters. The molecule has 0 aliphatic carbocycles. The maximum absolute atomic E-state index is 12.8. The minimum atomic E-state index is -4.72. The minimum Gasteiger partial charge on any atom is -0.292 e. The number of nitro groups is 1. The highest BCUT2D eigenvalue weighted by Crippen LogP contribution is 2.34. The Labute approximate surface area is 148 Å². The smallest absolute Gasteiger partial charge is 0.292 e. The van der Waals surface area contributed by atoms with Crippen molar-refractivity contribution in [3.05, 3.63) is 64.0 Å². The molecule has 0 aliphatic rings. The van der Waals surface area contributed by atoms with E-state index < -0.39 is 34.1 Å². The lowest BCUT2D eigenvalue weighted by Crippen LogP contribution is -2.31. The van der Waals surface area contributed by atoms with E-state index in [2.05, 4.69) is 10.9 Å². The van der Waals surface area contributed by atoms with Crippen LogP contribution in [0.4, 0.5) is 28.9 Å². The van der Waals surface area contributed by atoms with Gasteiger partial charge in [-0.25, -0.2) is 4.39 Å². The number of hydrazine groups is 1. The third kappa shape index (κ3) is 5.34. The second kappa shape index (κ2) is 8.04. The maximum atomic E-state index is 12.8. The Hall–Kier alpha value is -2.82. The predicted octanol–water partition coefficient (Wildman–Crippen LogP) is 3.99. The number of carbonyl (C=O) groups is 1. The van der Waals surface area contributed by atoms with Crippen LogP contribution in [-0.2, 0) is 11.0 Å². The summed E-state index contributed by atoms with van der Waals surface area (Å²) in [6, 6.07) is 7.29. The van der Waals surface area contributed by atoms with Crippen LogP contribution in [0.3, 0.4) is 0 Å². The van der Waals surface area contributed by atoms with E-state index in [1.807, 2.05) is 0 Å². The van der Waals surface area contributed by atoms with Crippen molar-refractivity contribution in [2.45, 2.75) is 11.1 Å². The number of benzene rings is 2. The second-order valence-corrected chi connectivity index (χ2v) is 5.95. The average molecular weight is 389 g/mol. The first-order chi connectivity index (χ1) is 12.2. The van der Waals surface area contributed by atoms with Crippen molar-refractivity contribution >= 4 is 29.0 Å². The summed E-state index contributed by atoms with van der Waals surface area (Å²) in [5.41, 5.74) is 2.11. The van der Waals surface area contributed by atoms with Crippen LogP contribution in [0.25, 0.3) is 0 Å². The van der Waals surface area contributed by atoms with Gasteiger partial charge < -0.3 is 0 Å². The zero-order valence-electron chi connectivity index (χ0n) is 12.8. The monoisotopic (exact) mass is 389 g/mol. The fraction of sp³-hybridized carbons (Fsp3) is 0.133. The number of thioether (sulfide) groups is 1. The van der Waals surface area contributed by atoms with Gasteiger partial charge in [-0.2, -0.15) is 13.2 Å². The number of carbonyl (C=O) groups excluding carboxylic acids is 1. The van der Waals surface area contributed by atoms with Crippen LogP contribution >= 0.6 is 11.8 Å². The van der Waals surface area contributed by atoms with E-state index in [1.165, 1.54) is 24.3 Å². The standard InChI is InChI=1S/C15H11F4N3O3S/c16-10-2-4-11(5-3-10)26-8-14(23)21-20-12-6-1-9(15(17,18)19)7-13(12)22(24)25/h1-7,20H,8H2,(H,21,23). The van der Waals surface area contributed by atoms with Gasteiger partial charge in [0, 0.05) is 11.0 Å². The van der Waals surface area contributed by atoms with Crippen LogP contribution in [-0.4, -0.2) is 16.6 Å². The molecule has 2 rings (SSSR count). The molecule has 0 aromatic heterocycles. The van der Waals surface area contributed by atoms with Gasteiger partial charge in [0.2, 0.25) is 5.91 Å². The minimum absolute atomic E-state index is 0.0902. The van der Waals surface area contributed by atoms with Crippen molar-refractivity contribution < 1.29 is 27.3 Å². The summed E-state index contributed by atoms with van der Waals surface area (Å²) in [5.74, 6) is -1.09. The summed E-state index contributed by atoms with van der Waals surface area (Å²) in [6.45, 7) is 0. The molecule has 0 radical (unpaired) electrons. The third-order valence-electron chi connectivity index (χ3n) is 3.04. The average Bonchev–Trinajstić information content (AvgIpc) is 2.58. The van der Waals surface area contributed by atoms with E-state index in [0.717, 1.165) is 17.8 Å². The van der Waals surface area contributed by atoms with Crippen LogP contribution in [0.15, 0.2) is 47.4 Å². The number of halogens is 4. The zero-order valence-corrected chi connectivity index (χ0v) is 13.7. The lowest BCUT2D eigenvalue weighted by molar-refractivity contribution is -0.384. The summed E-state index contributed by atoms with van der Waals surface area (Å²) in [4.78, 5) is 22.3. The van der Waals surface area contributed by atoms with Gasteiger partial charge in [-0.15, -0.1) is 11.8 Å². The van der Waals surface area contributed by atoms with Crippen molar-refractivity contribution in [2.24, 2.45) is 0 Å². The normalized spacial score (nSPS) is 11.1. The van der Waals surface area contributed by atoms with Crippen LogP contribution in [0.2, 0.25) is 0 Å². The largest absolute Gasteiger partial charge is 0.416 e. The topological polar surface area (TPSA) is 84.3 Å². The Morgan fingerprint density at radius 1 is 1.15 bits per heavy atom. The third-order valence-corrected chi connectivity index (χ3v) is 4.05. The Balaban J connectivity index is 1.98. The first-order valence-electron chi connectivity index (χ1n) is 6.95. The van der Waals surface area contributed by atoms with Gasteiger partial charge in [-0.1, -0.05) is 0 Å². The number of hydrogen-bond acceptors (Lipinski definition) is 5. The van der Waals surface area contributed by atoms with Crippen molar-refractivity contribution in [3.63, 3.8) is 0 Å². The van der Waals surface area contributed by atoms with Gasteiger partial charge in [0.15, 0.2) is 0 Å². The molecular formula is C15H11F4N3O3S. The molecule has 2 aromatic rings.